The topological polar surface area (TPSA) is 29.1 Å². The summed E-state index contributed by atoms with van der Waals surface area (Å²) in [5, 5.41) is 2.83. The highest BCUT2D eigenvalue weighted by Gasteiger charge is 2.08. The Morgan fingerprint density at radius 1 is 1.19 bits per heavy atom. The summed E-state index contributed by atoms with van der Waals surface area (Å²) in [6.45, 7) is 0. The molecule has 0 saturated carbocycles. The Morgan fingerprint density at radius 3 is 2.62 bits per heavy atom. The van der Waals surface area contributed by atoms with Gasteiger partial charge < -0.3 is 5.32 Å². The van der Waals surface area contributed by atoms with E-state index < -0.39 is 0 Å². The predicted molar refractivity (Wildman–Crippen MR) is 74.1 cm³/mol. The van der Waals surface area contributed by atoms with Crippen molar-refractivity contribution in [3.8, 4) is 0 Å². The Kier molecular flexibility index (Phi) is 3.78. The Bertz CT molecular complexity index is 524. The summed E-state index contributed by atoms with van der Waals surface area (Å²) in [7, 11) is 0. The first-order valence-corrected chi connectivity index (χ1v) is 6.87. The largest absolute Gasteiger partial charge is 0.321 e. The van der Waals surface area contributed by atoms with Crippen molar-refractivity contribution >= 4 is 54.8 Å². The number of hydrogen-bond acceptors (Lipinski definition) is 2. The zero-order valence-corrected chi connectivity index (χ0v) is 12.0. The molecular formula is C11H7Br2NOS. The fourth-order valence-electron chi connectivity index (χ4n) is 1.20. The van der Waals surface area contributed by atoms with Gasteiger partial charge in [-0.15, -0.1) is 11.3 Å². The van der Waals surface area contributed by atoms with E-state index in [1.807, 2.05) is 30.3 Å². The van der Waals surface area contributed by atoms with Crippen molar-refractivity contribution in [2.75, 3.05) is 5.32 Å². The van der Waals surface area contributed by atoms with Gasteiger partial charge in [0.25, 0.3) is 5.91 Å². The Labute approximate surface area is 114 Å². The molecule has 16 heavy (non-hydrogen) atoms. The van der Waals surface area contributed by atoms with Gasteiger partial charge in [0.1, 0.15) is 0 Å². The van der Waals surface area contributed by atoms with Gasteiger partial charge >= 0.3 is 0 Å². The highest BCUT2D eigenvalue weighted by Crippen LogP contribution is 2.23. The van der Waals surface area contributed by atoms with Crippen LogP contribution in [-0.4, -0.2) is 5.91 Å². The third-order valence-electron chi connectivity index (χ3n) is 1.88. The molecule has 2 nitrogen and oxygen atoms in total. The minimum Gasteiger partial charge on any atom is -0.321 e. The van der Waals surface area contributed by atoms with Gasteiger partial charge in [-0.25, -0.2) is 0 Å². The fraction of sp³-hybridized carbons (Fsp3) is 0. The van der Waals surface area contributed by atoms with Crippen LogP contribution in [0.4, 0.5) is 5.69 Å². The zero-order valence-electron chi connectivity index (χ0n) is 8.04. The Morgan fingerprint density at radius 2 is 2.00 bits per heavy atom. The van der Waals surface area contributed by atoms with E-state index in [0.717, 1.165) is 13.9 Å². The minimum absolute atomic E-state index is 0.0891. The maximum absolute atomic E-state index is 11.8. The van der Waals surface area contributed by atoms with Crippen LogP contribution in [0.2, 0.25) is 0 Å². The minimum atomic E-state index is -0.0891. The Hall–Kier alpha value is -0.650. The monoisotopic (exact) mass is 359 g/mol. The van der Waals surface area contributed by atoms with Crippen LogP contribution in [0.25, 0.3) is 0 Å². The molecule has 0 fully saturated rings. The molecule has 0 atom stereocenters. The first-order valence-electron chi connectivity index (χ1n) is 4.47. The molecule has 0 spiro atoms. The van der Waals surface area contributed by atoms with Crippen LogP contribution in [0, 0.1) is 0 Å². The molecule has 1 aromatic carbocycles. The van der Waals surface area contributed by atoms with E-state index in [9.17, 15) is 4.79 Å². The summed E-state index contributed by atoms with van der Waals surface area (Å²) >= 11 is 8.10. The van der Waals surface area contributed by atoms with Gasteiger partial charge in [-0.3, -0.25) is 4.79 Å². The summed E-state index contributed by atoms with van der Waals surface area (Å²) in [4.78, 5) is 12.5. The van der Waals surface area contributed by atoms with Crippen molar-refractivity contribution in [3.63, 3.8) is 0 Å². The molecule has 1 N–H and O–H groups in total. The van der Waals surface area contributed by atoms with Crippen molar-refractivity contribution < 1.29 is 4.79 Å². The molecule has 0 radical (unpaired) electrons. The number of amides is 1. The highest BCUT2D eigenvalue weighted by molar-refractivity contribution is 9.11. The van der Waals surface area contributed by atoms with Crippen molar-refractivity contribution in [2.45, 2.75) is 0 Å². The average molecular weight is 361 g/mol. The Balaban J connectivity index is 2.13. The molecule has 0 aliphatic heterocycles. The first-order chi connectivity index (χ1) is 7.65. The predicted octanol–water partition coefficient (Wildman–Crippen LogP) is 4.53. The SMILES string of the molecule is O=C(Nc1cccc(Br)c1)c1ccc(Br)s1. The van der Waals surface area contributed by atoms with Crippen LogP contribution < -0.4 is 5.32 Å². The maximum atomic E-state index is 11.8. The van der Waals surface area contributed by atoms with Gasteiger partial charge in [0.15, 0.2) is 0 Å². The number of benzene rings is 1. The first kappa shape index (κ1) is 11.8. The number of carbonyl (C=O) groups excluding carboxylic acids is 1. The molecule has 5 heteroatoms. The van der Waals surface area contributed by atoms with E-state index in [4.69, 9.17) is 0 Å². The van der Waals surface area contributed by atoms with Gasteiger partial charge in [-0.1, -0.05) is 22.0 Å². The number of thiophene rings is 1. The summed E-state index contributed by atoms with van der Waals surface area (Å²) in [6, 6.07) is 11.2. The number of hydrogen-bond donors (Lipinski definition) is 1. The van der Waals surface area contributed by atoms with Crippen LogP contribution in [0.1, 0.15) is 9.67 Å². The van der Waals surface area contributed by atoms with E-state index in [0.29, 0.717) is 4.88 Å². The standard InChI is InChI=1S/C11H7Br2NOS/c12-7-2-1-3-8(6-7)14-11(15)9-4-5-10(13)16-9/h1-6H,(H,14,15). The van der Waals surface area contributed by atoms with Crippen LogP contribution >= 0.6 is 43.2 Å². The third kappa shape index (κ3) is 2.93. The number of rotatable bonds is 2. The van der Waals surface area contributed by atoms with Crippen LogP contribution in [-0.2, 0) is 0 Å². The second kappa shape index (κ2) is 5.12. The third-order valence-corrected chi connectivity index (χ3v) is 4.00. The molecule has 2 rings (SSSR count). The lowest BCUT2D eigenvalue weighted by molar-refractivity contribution is 0.103. The summed E-state index contributed by atoms with van der Waals surface area (Å²) in [5.74, 6) is -0.0891. The van der Waals surface area contributed by atoms with Gasteiger partial charge in [-0.05, 0) is 46.3 Å². The second-order valence-electron chi connectivity index (χ2n) is 3.07. The molecular weight excluding hydrogens is 354 g/mol. The van der Waals surface area contributed by atoms with E-state index in [1.54, 1.807) is 6.07 Å². The quantitative estimate of drug-likeness (QED) is 0.837. The summed E-state index contributed by atoms with van der Waals surface area (Å²) in [6.07, 6.45) is 0. The van der Waals surface area contributed by atoms with Crippen molar-refractivity contribution in [1.29, 1.82) is 0 Å². The van der Waals surface area contributed by atoms with Gasteiger partial charge in [0.2, 0.25) is 0 Å². The molecule has 1 heterocycles. The van der Waals surface area contributed by atoms with Crippen molar-refractivity contribution in [3.05, 3.63) is 49.5 Å². The van der Waals surface area contributed by atoms with E-state index in [1.165, 1.54) is 11.3 Å². The second-order valence-corrected chi connectivity index (χ2v) is 6.45. The number of carbonyl (C=O) groups is 1. The average Bonchev–Trinajstić information content (AvgIpc) is 2.65. The lowest BCUT2D eigenvalue weighted by atomic mass is 10.3. The number of nitrogens with one attached hydrogen (secondary N) is 1. The maximum Gasteiger partial charge on any atom is 0.265 e. The lowest BCUT2D eigenvalue weighted by Gasteiger charge is -2.03. The molecule has 0 aliphatic rings. The molecule has 2 aromatic rings. The highest BCUT2D eigenvalue weighted by atomic mass is 79.9. The van der Waals surface area contributed by atoms with Gasteiger partial charge in [-0.2, -0.15) is 0 Å². The molecule has 0 saturated heterocycles. The van der Waals surface area contributed by atoms with E-state index in [-0.39, 0.29) is 5.91 Å². The summed E-state index contributed by atoms with van der Waals surface area (Å²) in [5.41, 5.74) is 0.781. The van der Waals surface area contributed by atoms with Gasteiger partial charge in [0, 0.05) is 10.2 Å². The van der Waals surface area contributed by atoms with Crippen molar-refractivity contribution in [1.82, 2.24) is 0 Å². The molecule has 0 unspecified atom stereocenters. The number of halogens is 2. The zero-order chi connectivity index (χ0) is 11.5. The fourth-order valence-corrected chi connectivity index (χ4v) is 2.88. The summed E-state index contributed by atoms with van der Waals surface area (Å²) < 4.78 is 1.89. The molecule has 1 amide bonds. The van der Waals surface area contributed by atoms with Crippen LogP contribution in [0.3, 0.4) is 0 Å². The molecule has 0 bridgehead atoms. The molecule has 82 valence electrons. The van der Waals surface area contributed by atoms with E-state index >= 15 is 0 Å². The van der Waals surface area contributed by atoms with E-state index in [2.05, 4.69) is 37.2 Å². The lowest BCUT2D eigenvalue weighted by Crippen LogP contribution is -2.09. The molecule has 1 aromatic heterocycles. The van der Waals surface area contributed by atoms with Gasteiger partial charge in [0.05, 0.1) is 8.66 Å². The van der Waals surface area contributed by atoms with Crippen molar-refractivity contribution in [2.24, 2.45) is 0 Å². The van der Waals surface area contributed by atoms with Crippen LogP contribution in [0.15, 0.2) is 44.7 Å². The molecule has 0 aliphatic carbocycles. The smallest absolute Gasteiger partial charge is 0.265 e. The normalized spacial score (nSPS) is 10.1. The number of anilines is 1. The van der Waals surface area contributed by atoms with Crippen LogP contribution in [0.5, 0.6) is 0 Å².